The van der Waals surface area contributed by atoms with Gasteiger partial charge in [0.25, 0.3) is 0 Å². The summed E-state index contributed by atoms with van der Waals surface area (Å²) in [6, 6.07) is 0. The van der Waals surface area contributed by atoms with Crippen molar-refractivity contribution >= 4 is 28.2 Å². The fraction of sp³-hybridized carbons (Fsp3) is 0.455. The Kier molecular flexibility index (Phi) is 3.70. The molecule has 1 aromatic heterocycles. The van der Waals surface area contributed by atoms with Crippen molar-refractivity contribution in [1.82, 2.24) is 0 Å². The van der Waals surface area contributed by atoms with Gasteiger partial charge in [0.05, 0.1) is 5.56 Å². The molecule has 1 aromatic rings. The Morgan fingerprint density at radius 3 is 2.31 bits per heavy atom. The van der Waals surface area contributed by atoms with E-state index in [0.29, 0.717) is 5.00 Å². The third-order valence-corrected chi connectivity index (χ3v) is 3.48. The van der Waals surface area contributed by atoms with Gasteiger partial charge in [0.1, 0.15) is 5.00 Å². The number of aryl methyl sites for hydroxylation is 1. The van der Waals surface area contributed by atoms with Crippen LogP contribution in [0.4, 0.5) is 5.00 Å². The van der Waals surface area contributed by atoms with Gasteiger partial charge in [-0.3, -0.25) is 4.79 Å². The number of carbonyl (C=O) groups excluding carboxylic acids is 1. The van der Waals surface area contributed by atoms with E-state index in [1.54, 1.807) is 20.8 Å². The topological polar surface area (TPSA) is 66.4 Å². The van der Waals surface area contributed by atoms with Crippen molar-refractivity contribution in [3.63, 3.8) is 0 Å². The second-order valence-electron chi connectivity index (χ2n) is 3.94. The van der Waals surface area contributed by atoms with Crippen molar-refractivity contribution in [2.75, 3.05) is 5.32 Å². The van der Waals surface area contributed by atoms with Crippen LogP contribution in [0.25, 0.3) is 0 Å². The minimum absolute atomic E-state index is 0.163. The van der Waals surface area contributed by atoms with Crippen molar-refractivity contribution in [3.8, 4) is 0 Å². The zero-order chi connectivity index (χ0) is 12.5. The normalized spacial score (nSPS) is 10.6. The van der Waals surface area contributed by atoms with E-state index in [0.717, 1.165) is 10.4 Å². The van der Waals surface area contributed by atoms with Crippen molar-refractivity contribution in [1.29, 1.82) is 0 Å². The monoisotopic (exact) mass is 241 g/mol. The zero-order valence-electron chi connectivity index (χ0n) is 9.75. The molecule has 88 valence electrons. The first kappa shape index (κ1) is 12.7. The number of anilines is 1. The van der Waals surface area contributed by atoms with Gasteiger partial charge in [-0.25, -0.2) is 4.79 Å². The van der Waals surface area contributed by atoms with E-state index in [4.69, 9.17) is 5.11 Å². The van der Waals surface area contributed by atoms with Gasteiger partial charge in [0.15, 0.2) is 0 Å². The summed E-state index contributed by atoms with van der Waals surface area (Å²) in [5.74, 6) is -1.32. The summed E-state index contributed by atoms with van der Waals surface area (Å²) in [4.78, 5) is 23.5. The fourth-order valence-corrected chi connectivity index (χ4v) is 2.28. The molecule has 0 radical (unpaired) electrons. The number of hydrogen-bond acceptors (Lipinski definition) is 3. The summed E-state index contributed by atoms with van der Waals surface area (Å²) >= 11 is 1.30. The highest BCUT2D eigenvalue weighted by Gasteiger charge is 2.20. The van der Waals surface area contributed by atoms with Crippen LogP contribution in [0.5, 0.6) is 0 Å². The maximum Gasteiger partial charge on any atom is 0.338 e. The Morgan fingerprint density at radius 2 is 1.88 bits per heavy atom. The van der Waals surface area contributed by atoms with Gasteiger partial charge in [-0.1, -0.05) is 13.8 Å². The molecule has 1 heterocycles. The molecule has 0 fully saturated rings. The quantitative estimate of drug-likeness (QED) is 0.855. The highest BCUT2D eigenvalue weighted by Crippen LogP contribution is 2.32. The molecule has 16 heavy (non-hydrogen) atoms. The summed E-state index contributed by atoms with van der Waals surface area (Å²) in [6.07, 6.45) is 0. The number of thiophene rings is 1. The first-order chi connectivity index (χ1) is 7.34. The Balaban J connectivity index is 3.10. The maximum atomic E-state index is 11.5. The molecule has 5 heteroatoms. The van der Waals surface area contributed by atoms with Gasteiger partial charge in [0, 0.05) is 10.8 Å². The molecule has 0 saturated heterocycles. The van der Waals surface area contributed by atoms with E-state index in [2.05, 4.69) is 5.32 Å². The molecular formula is C11H15NO3S. The summed E-state index contributed by atoms with van der Waals surface area (Å²) in [6.45, 7) is 7.13. The van der Waals surface area contributed by atoms with Crippen LogP contribution in [-0.2, 0) is 4.79 Å². The summed E-state index contributed by atoms with van der Waals surface area (Å²) in [7, 11) is 0. The minimum Gasteiger partial charge on any atom is -0.478 e. The van der Waals surface area contributed by atoms with Gasteiger partial charge < -0.3 is 10.4 Å². The molecule has 0 aliphatic carbocycles. The van der Waals surface area contributed by atoms with Gasteiger partial charge in [-0.05, 0) is 19.4 Å². The Bertz CT molecular complexity index is 435. The van der Waals surface area contributed by atoms with Crippen LogP contribution >= 0.6 is 11.3 Å². The van der Waals surface area contributed by atoms with E-state index in [1.807, 2.05) is 6.92 Å². The molecular weight excluding hydrogens is 226 g/mol. The predicted molar refractivity (Wildman–Crippen MR) is 64.2 cm³/mol. The lowest BCUT2D eigenvalue weighted by Crippen LogP contribution is -2.18. The van der Waals surface area contributed by atoms with Gasteiger partial charge in [-0.15, -0.1) is 11.3 Å². The van der Waals surface area contributed by atoms with E-state index in [-0.39, 0.29) is 17.4 Å². The van der Waals surface area contributed by atoms with Gasteiger partial charge in [0.2, 0.25) is 5.91 Å². The van der Waals surface area contributed by atoms with Crippen molar-refractivity contribution in [2.24, 2.45) is 5.92 Å². The van der Waals surface area contributed by atoms with Crippen molar-refractivity contribution < 1.29 is 14.7 Å². The lowest BCUT2D eigenvalue weighted by Gasteiger charge is -2.06. The molecule has 0 aliphatic rings. The number of carboxylic acids is 1. The number of hydrogen-bond donors (Lipinski definition) is 2. The minimum atomic E-state index is -0.999. The number of aromatic carboxylic acids is 1. The van der Waals surface area contributed by atoms with Crippen LogP contribution < -0.4 is 5.32 Å². The Hall–Kier alpha value is -1.36. The van der Waals surface area contributed by atoms with Crippen LogP contribution in [0.15, 0.2) is 0 Å². The number of nitrogens with one attached hydrogen (secondary N) is 1. The number of carbonyl (C=O) groups is 2. The molecule has 2 N–H and O–H groups in total. The van der Waals surface area contributed by atoms with Crippen LogP contribution in [0.3, 0.4) is 0 Å². The third kappa shape index (κ3) is 2.41. The van der Waals surface area contributed by atoms with Gasteiger partial charge in [-0.2, -0.15) is 0 Å². The Labute approximate surface area is 98.3 Å². The van der Waals surface area contributed by atoms with Gasteiger partial charge >= 0.3 is 5.97 Å². The lowest BCUT2D eigenvalue weighted by molar-refractivity contribution is -0.118. The van der Waals surface area contributed by atoms with E-state index < -0.39 is 5.97 Å². The molecule has 0 spiro atoms. The molecule has 4 nitrogen and oxygen atoms in total. The maximum absolute atomic E-state index is 11.5. The molecule has 0 bridgehead atoms. The fourth-order valence-electron chi connectivity index (χ4n) is 1.23. The number of rotatable bonds is 3. The molecule has 1 amide bonds. The van der Waals surface area contributed by atoms with E-state index >= 15 is 0 Å². The largest absolute Gasteiger partial charge is 0.478 e. The summed E-state index contributed by atoms with van der Waals surface area (Å²) in [5.41, 5.74) is 0.924. The molecule has 0 saturated carbocycles. The highest BCUT2D eigenvalue weighted by atomic mass is 32.1. The average molecular weight is 241 g/mol. The predicted octanol–water partition coefficient (Wildman–Crippen LogP) is 2.66. The summed E-state index contributed by atoms with van der Waals surface area (Å²) in [5, 5.41) is 12.2. The number of carboxylic acid groups (broad SMARTS) is 1. The van der Waals surface area contributed by atoms with Crippen LogP contribution in [-0.4, -0.2) is 17.0 Å². The highest BCUT2D eigenvalue weighted by molar-refractivity contribution is 7.16. The smallest absolute Gasteiger partial charge is 0.338 e. The summed E-state index contributed by atoms with van der Waals surface area (Å²) < 4.78 is 0. The molecule has 0 unspecified atom stereocenters. The zero-order valence-corrected chi connectivity index (χ0v) is 10.6. The van der Waals surface area contributed by atoms with Crippen molar-refractivity contribution in [2.45, 2.75) is 27.7 Å². The lowest BCUT2D eigenvalue weighted by atomic mass is 10.1. The third-order valence-electron chi connectivity index (χ3n) is 2.36. The number of amides is 1. The SMILES string of the molecule is Cc1sc(NC(=O)C(C)C)c(C(=O)O)c1C. The molecule has 0 aliphatic heterocycles. The van der Waals surface area contributed by atoms with E-state index in [1.165, 1.54) is 11.3 Å². The Morgan fingerprint density at radius 1 is 1.31 bits per heavy atom. The standard InChI is InChI=1S/C11H15NO3S/c1-5(2)9(13)12-10-8(11(14)15)6(3)7(4)16-10/h5H,1-4H3,(H,12,13)(H,14,15). The first-order valence-electron chi connectivity index (χ1n) is 4.98. The van der Waals surface area contributed by atoms with Crippen LogP contribution in [0, 0.1) is 19.8 Å². The van der Waals surface area contributed by atoms with Crippen molar-refractivity contribution in [3.05, 3.63) is 16.0 Å². The van der Waals surface area contributed by atoms with E-state index in [9.17, 15) is 9.59 Å². The molecule has 0 aromatic carbocycles. The second-order valence-corrected chi connectivity index (χ2v) is 5.16. The van der Waals surface area contributed by atoms with Crippen LogP contribution in [0.1, 0.15) is 34.6 Å². The average Bonchev–Trinajstić information content (AvgIpc) is 2.42. The first-order valence-corrected chi connectivity index (χ1v) is 5.80. The second kappa shape index (κ2) is 4.65. The van der Waals surface area contributed by atoms with Crippen LogP contribution in [0.2, 0.25) is 0 Å². The molecule has 1 rings (SSSR count). The molecule has 0 atom stereocenters.